The van der Waals surface area contributed by atoms with Crippen LogP contribution in [0, 0.1) is 13.8 Å². The molecular weight excluding hydrogens is 344 g/mol. The van der Waals surface area contributed by atoms with Crippen molar-refractivity contribution < 1.29 is 9.47 Å². The Morgan fingerprint density at radius 2 is 2.19 bits per heavy atom. The van der Waals surface area contributed by atoms with Gasteiger partial charge in [0, 0.05) is 19.2 Å². The van der Waals surface area contributed by atoms with E-state index in [0.717, 1.165) is 36.5 Å². The SMILES string of the molecule is Cc1ccc(OCCn2ncc(N3CCO[C@H](CCN)C3)cc2=O)c(C)c1. The van der Waals surface area contributed by atoms with Crippen LogP contribution in [0.25, 0.3) is 0 Å². The van der Waals surface area contributed by atoms with Gasteiger partial charge in [0.05, 0.1) is 31.1 Å². The maximum absolute atomic E-state index is 12.4. The molecule has 0 saturated carbocycles. The lowest BCUT2D eigenvalue weighted by molar-refractivity contribution is 0.0368. The Labute approximate surface area is 159 Å². The molecule has 146 valence electrons. The minimum Gasteiger partial charge on any atom is -0.491 e. The van der Waals surface area contributed by atoms with E-state index in [2.05, 4.69) is 23.0 Å². The Bertz CT molecular complexity index is 819. The number of rotatable bonds is 7. The standard InChI is InChI=1S/C20H28N4O3/c1-15-3-4-19(16(2)11-15)27-10-8-24-20(25)12-17(13-22-24)23-7-9-26-18(14-23)5-6-21/h3-4,11-13,18H,5-10,14,21H2,1-2H3/t18-/m1/s1. The largest absolute Gasteiger partial charge is 0.491 e. The number of anilines is 1. The van der Waals surface area contributed by atoms with Crippen molar-refractivity contribution in [3.8, 4) is 5.75 Å². The number of ether oxygens (including phenoxy) is 2. The van der Waals surface area contributed by atoms with Crippen molar-refractivity contribution in [3.63, 3.8) is 0 Å². The lowest BCUT2D eigenvalue weighted by atomic mass is 10.1. The van der Waals surface area contributed by atoms with E-state index in [9.17, 15) is 4.79 Å². The normalized spacial score (nSPS) is 17.1. The predicted molar refractivity (Wildman–Crippen MR) is 106 cm³/mol. The van der Waals surface area contributed by atoms with Crippen molar-refractivity contribution in [2.45, 2.75) is 32.9 Å². The number of aryl methyl sites for hydroxylation is 2. The fourth-order valence-electron chi connectivity index (χ4n) is 3.28. The van der Waals surface area contributed by atoms with Crippen molar-refractivity contribution in [2.24, 2.45) is 5.73 Å². The van der Waals surface area contributed by atoms with Gasteiger partial charge in [-0.25, -0.2) is 4.68 Å². The van der Waals surface area contributed by atoms with Gasteiger partial charge in [0.15, 0.2) is 0 Å². The third kappa shape index (κ3) is 5.08. The highest BCUT2D eigenvalue weighted by atomic mass is 16.5. The fourth-order valence-corrected chi connectivity index (χ4v) is 3.28. The molecule has 2 aromatic rings. The summed E-state index contributed by atoms with van der Waals surface area (Å²) in [4.78, 5) is 14.5. The van der Waals surface area contributed by atoms with Crippen LogP contribution in [0.5, 0.6) is 5.75 Å². The average molecular weight is 372 g/mol. The predicted octanol–water partition coefficient (Wildman–Crippen LogP) is 1.49. The van der Waals surface area contributed by atoms with Crippen molar-refractivity contribution >= 4 is 5.69 Å². The van der Waals surface area contributed by atoms with E-state index in [1.54, 1.807) is 12.3 Å². The maximum atomic E-state index is 12.4. The minimum absolute atomic E-state index is 0.109. The van der Waals surface area contributed by atoms with Gasteiger partial charge >= 0.3 is 0 Å². The summed E-state index contributed by atoms with van der Waals surface area (Å²) in [5.41, 5.74) is 8.61. The zero-order valence-electron chi connectivity index (χ0n) is 16.1. The van der Waals surface area contributed by atoms with E-state index < -0.39 is 0 Å². The van der Waals surface area contributed by atoms with E-state index >= 15 is 0 Å². The summed E-state index contributed by atoms with van der Waals surface area (Å²) in [6.07, 6.45) is 2.66. The van der Waals surface area contributed by atoms with E-state index in [4.69, 9.17) is 15.2 Å². The van der Waals surface area contributed by atoms with E-state index in [-0.39, 0.29) is 11.7 Å². The Kier molecular flexibility index (Phi) is 6.47. The smallest absolute Gasteiger partial charge is 0.268 e. The van der Waals surface area contributed by atoms with Crippen molar-refractivity contribution in [1.82, 2.24) is 9.78 Å². The number of hydrogen-bond donors (Lipinski definition) is 1. The van der Waals surface area contributed by atoms with E-state index in [1.165, 1.54) is 10.2 Å². The number of morpholine rings is 1. The highest BCUT2D eigenvalue weighted by molar-refractivity contribution is 5.43. The molecule has 27 heavy (non-hydrogen) atoms. The molecule has 1 aliphatic heterocycles. The van der Waals surface area contributed by atoms with Crippen LogP contribution in [0.4, 0.5) is 5.69 Å². The van der Waals surface area contributed by atoms with E-state index in [1.807, 2.05) is 19.1 Å². The first-order valence-electron chi connectivity index (χ1n) is 9.40. The lowest BCUT2D eigenvalue weighted by Crippen LogP contribution is -2.44. The number of nitrogens with two attached hydrogens (primary N) is 1. The Hall–Kier alpha value is -2.38. The van der Waals surface area contributed by atoms with Crippen molar-refractivity contribution in [3.05, 3.63) is 51.9 Å². The van der Waals surface area contributed by atoms with Crippen LogP contribution < -0.4 is 20.9 Å². The number of benzene rings is 1. The number of hydrogen-bond acceptors (Lipinski definition) is 6. The first-order chi connectivity index (χ1) is 13.1. The van der Waals surface area contributed by atoms with E-state index in [0.29, 0.717) is 26.3 Å². The van der Waals surface area contributed by atoms with Gasteiger partial charge in [0.1, 0.15) is 12.4 Å². The van der Waals surface area contributed by atoms with Gasteiger partial charge in [-0.1, -0.05) is 17.7 Å². The minimum atomic E-state index is -0.126. The molecule has 1 aromatic carbocycles. The molecule has 1 atom stereocenters. The van der Waals surface area contributed by atoms with Gasteiger partial charge < -0.3 is 20.1 Å². The van der Waals surface area contributed by atoms with Gasteiger partial charge in [0.2, 0.25) is 0 Å². The molecule has 7 nitrogen and oxygen atoms in total. The molecule has 1 aliphatic rings. The summed E-state index contributed by atoms with van der Waals surface area (Å²) < 4.78 is 12.9. The highest BCUT2D eigenvalue weighted by Crippen LogP contribution is 2.19. The van der Waals surface area contributed by atoms with Crippen LogP contribution in [-0.2, 0) is 11.3 Å². The molecule has 1 saturated heterocycles. The van der Waals surface area contributed by atoms with Gasteiger partial charge in [-0.3, -0.25) is 4.79 Å². The second-order valence-corrected chi connectivity index (χ2v) is 6.91. The molecule has 3 rings (SSSR count). The lowest BCUT2D eigenvalue weighted by Gasteiger charge is -2.34. The monoisotopic (exact) mass is 372 g/mol. The van der Waals surface area contributed by atoms with Crippen LogP contribution in [-0.4, -0.2) is 48.7 Å². The second-order valence-electron chi connectivity index (χ2n) is 6.91. The van der Waals surface area contributed by atoms with Crippen LogP contribution in [0.2, 0.25) is 0 Å². The molecule has 1 aromatic heterocycles. The van der Waals surface area contributed by atoms with Crippen LogP contribution >= 0.6 is 0 Å². The first kappa shape index (κ1) is 19.4. The molecule has 1 fully saturated rings. The van der Waals surface area contributed by atoms with Crippen molar-refractivity contribution in [2.75, 3.05) is 37.7 Å². The third-order valence-corrected chi connectivity index (χ3v) is 4.74. The van der Waals surface area contributed by atoms with Gasteiger partial charge in [-0.05, 0) is 38.4 Å². The molecule has 0 spiro atoms. The topological polar surface area (TPSA) is 82.6 Å². The van der Waals surface area contributed by atoms with Gasteiger partial charge in [0.25, 0.3) is 5.56 Å². The van der Waals surface area contributed by atoms with Gasteiger partial charge in [-0.2, -0.15) is 5.10 Å². The van der Waals surface area contributed by atoms with Gasteiger partial charge in [-0.15, -0.1) is 0 Å². The quantitative estimate of drug-likeness (QED) is 0.793. The third-order valence-electron chi connectivity index (χ3n) is 4.74. The summed E-state index contributed by atoms with van der Waals surface area (Å²) in [6, 6.07) is 7.69. The number of nitrogens with zero attached hydrogens (tertiary/aromatic N) is 3. The first-order valence-corrected chi connectivity index (χ1v) is 9.40. The summed E-state index contributed by atoms with van der Waals surface area (Å²) >= 11 is 0. The Morgan fingerprint density at radius 3 is 2.93 bits per heavy atom. The molecule has 0 aliphatic carbocycles. The molecule has 7 heteroatoms. The fraction of sp³-hybridized carbons (Fsp3) is 0.500. The molecule has 0 radical (unpaired) electrons. The summed E-state index contributed by atoms with van der Waals surface area (Å²) in [7, 11) is 0. The zero-order valence-corrected chi connectivity index (χ0v) is 16.1. The summed E-state index contributed by atoms with van der Waals surface area (Å²) in [5.74, 6) is 0.838. The summed E-state index contributed by atoms with van der Waals surface area (Å²) in [6.45, 7) is 7.59. The number of aromatic nitrogens is 2. The molecule has 0 bridgehead atoms. The van der Waals surface area contributed by atoms with Crippen LogP contribution in [0.1, 0.15) is 17.5 Å². The van der Waals surface area contributed by atoms with Crippen molar-refractivity contribution in [1.29, 1.82) is 0 Å². The highest BCUT2D eigenvalue weighted by Gasteiger charge is 2.20. The van der Waals surface area contributed by atoms with Crippen LogP contribution in [0.3, 0.4) is 0 Å². The Balaban J connectivity index is 1.59. The molecule has 0 amide bonds. The molecular formula is C20H28N4O3. The Morgan fingerprint density at radius 1 is 1.33 bits per heavy atom. The zero-order chi connectivity index (χ0) is 19.2. The molecule has 2 heterocycles. The molecule has 2 N–H and O–H groups in total. The van der Waals surface area contributed by atoms with Crippen LogP contribution in [0.15, 0.2) is 35.3 Å². The molecule has 0 unspecified atom stereocenters. The maximum Gasteiger partial charge on any atom is 0.268 e. The average Bonchev–Trinajstić information content (AvgIpc) is 2.65. The summed E-state index contributed by atoms with van der Waals surface area (Å²) in [5, 5.41) is 4.31. The second kappa shape index (κ2) is 9.01.